The summed E-state index contributed by atoms with van der Waals surface area (Å²) in [4.78, 5) is 0. The van der Waals surface area contributed by atoms with E-state index in [-0.39, 0.29) is 6.42 Å². The van der Waals surface area contributed by atoms with Crippen LogP contribution in [0.3, 0.4) is 0 Å². The summed E-state index contributed by atoms with van der Waals surface area (Å²) in [7, 11) is 0. The standard InChI is InChI=1S/C12H17F2N/c1-3-5-10(4-2)8-12(13,14)11-6-7-15-9-11/h3-5,11,15H,1-2,6-9H2/b10-5+. The summed E-state index contributed by atoms with van der Waals surface area (Å²) in [5.74, 6) is -3.20. The Labute approximate surface area is 89.6 Å². The van der Waals surface area contributed by atoms with E-state index >= 15 is 0 Å². The van der Waals surface area contributed by atoms with Crippen LogP contribution < -0.4 is 5.32 Å². The second-order valence-electron chi connectivity index (χ2n) is 3.81. The van der Waals surface area contributed by atoms with Crippen molar-refractivity contribution in [2.75, 3.05) is 13.1 Å². The van der Waals surface area contributed by atoms with Gasteiger partial charge in [-0.1, -0.05) is 31.4 Å². The van der Waals surface area contributed by atoms with E-state index in [9.17, 15) is 8.78 Å². The number of halogens is 2. The van der Waals surface area contributed by atoms with Gasteiger partial charge in [-0.05, 0) is 18.5 Å². The number of hydrogen-bond donors (Lipinski definition) is 1. The monoisotopic (exact) mass is 213 g/mol. The second-order valence-corrected chi connectivity index (χ2v) is 3.81. The molecule has 0 aliphatic carbocycles. The topological polar surface area (TPSA) is 12.0 Å². The van der Waals surface area contributed by atoms with Crippen LogP contribution in [0.2, 0.25) is 0 Å². The molecule has 1 unspecified atom stereocenters. The van der Waals surface area contributed by atoms with Crippen molar-refractivity contribution in [1.82, 2.24) is 5.32 Å². The fraction of sp³-hybridized carbons (Fsp3) is 0.500. The molecule has 0 amide bonds. The molecule has 0 spiro atoms. The molecule has 0 aromatic carbocycles. The lowest BCUT2D eigenvalue weighted by molar-refractivity contribution is -0.0491. The zero-order valence-corrected chi connectivity index (χ0v) is 8.81. The van der Waals surface area contributed by atoms with E-state index in [0.29, 0.717) is 25.1 Å². The summed E-state index contributed by atoms with van der Waals surface area (Å²) in [5.41, 5.74) is 0.543. The molecule has 0 aromatic heterocycles. The van der Waals surface area contributed by atoms with Crippen molar-refractivity contribution in [2.45, 2.75) is 18.8 Å². The van der Waals surface area contributed by atoms with Gasteiger partial charge in [0.15, 0.2) is 0 Å². The van der Waals surface area contributed by atoms with Gasteiger partial charge in [0.2, 0.25) is 0 Å². The molecule has 1 fully saturated rings. The smallest absolute Gasteiger partial charge is 0.256 e. The Balaban J connectivity index is 2.64. The molecule has 0 saturated carbocycles. The number of allylic oxidation sites excluding steroid dienone is 4. The van der Waals surface area contributed by atoms with Gasteiger partial charge < -0.3 is 5.32 Å². The molecule has 0 radical (unpaired) electrons. The summed E-state index contributed by atoms with van der Waals surface area (Å²) in [5, 5.41) is 2.96. The Morgan fingerprint density at radius 2 is 2.20 bits per heavy atom. The normalized spacial score (nSPS) is 22.8. The Morgan fingerprint density at radius 3 is 2.67 bits per heavy atom. The summed E-state index contributed by atoms with van der Waals surface area (Å²) < 4.78 is 27.5. The van der Waals surface area contributed by atoms with E-state index in [1.54, 1.807) is 6.08 Å². The van der Waals surface area contributed by atoms with Gasteiger partial charge in [0.1, 0.15) is 0 Å². The molecule has 1 nitrogen and oxygen atoms in total. The van der Waals surface area contributed by atoms with Crippen LogP contribution in [0.5, 0.6) is 0 Å². The molecule has 1 N–H and O–H groups in total. The third kappa shape index (κ3) is 3.27. The lowest BCUT2D eigenvalue weighted by Crippen LogP contribution is -2.30. The Morgan fingerprint density at radius 1 is 1.47 bits per heavy atom. The molecule has 84 valence electrons. The predicted molar refractivity (Wildman–Crippen MR) is 59.0 cm³/mol. The first-order valence-corrected chi connectivity index (χ1v) is 5.12. The lowest BCUT2D eigenvalue weighted by Gasteiger charge is -2.22. The molecule has 1 aliphatic heterocycles. The van der Waals surface area contributed by atoms with E-state index in [2.05, 4.69) is 18.5 Å². The molecule has 1 aliphatic rings. The van der Waals surface area contributed by atoms with Gasteiger partial charge in [-0.15, -0.1) is 0 Å². The van der Waals surface area contributed by atoms with Crippen LogP contribution >= 0.6 is 0 Å². The maximum atomic E-state index is 13.7. The molecule has 0 bridgehead atoms. The Bertz CT molecular complexity index is 263. The van der Waals surface area contributed by atoms with Crippen LogP contribution in [0, 0.1) is 5.92 Å². The largest absolute Gasteiger partial charge is 0.316 e. The predicted octanol–water partition coefficient (Wildman–Crippen LogP) is 2.92. The molecular formula is C12H17F2N. The average molecular weight is 213 g/mol. The summed E-state index contributed by atoms with van der Waals surface area (Å²) >= 11 is 0. The van der Waals surface area contributed by atoms with Crippen LogP contribution in [-0.2, 0) is 0 Å². The molecule has 1 saturated heterocycles. The lowest BCUT2D eigenvalue weighted by atomic mass is 9.94. The third-order valence-corrected chi connectivity index (χ3v) is 2.69. The number of alkyl halides is 2. The molecule has 3 heteroatoms. The van der Waals surface area contributed by atoms with Gasteiger partial charge in [0, 0.05) is 18.9 Å². The van der Waals surface area contributed by atoms with Crippen molar-refractivity contribution in [3.63, 3.8) is 0 Å². The minimum Gasteiger partial charge on any atom is -0.316 e. The van der Waals surface area contributed by atoms with Crippen LogP contribution in [0.25, 0.3) is 0 Å². The fourth-order valence-corrected chi connectivity index (χ4v) is 1.78. The van der Waals surface area contributed by atoms with Crippen molar-refractivity contribution >= 4 is 0 Å². The Hall–Kier alpha value is -0.960. The molecule has 15 heavy (non-hydrogen) atoms. The first kappa shape index (κ1) is 12.1. The quantitative estimate of drug-likeness (QED) is 0.692. The van der Waals surface area contributed by atoms with Gasteiger partial charge in [-0.25, -0.2) is 8.78 Å². The molecule has 1 rings (SSSR count). The average Bonchev–Trinajstić information content (AvgIpc) is 2.70. The minimum atomic E-state index is -2.65. The molecule has 1 heterocycles. The van der Waals surface area contributed by atoms with Gasteiger partial charge in [-0.2, -0.15) is 0 Å². The number of rotatable bonds is 5. The van der Waals surface area contributed by atoms with Crippen molar-refractivity contribution in [3.05, 3.63) is 37.0 Å². The third-order valence-electron chi connectivity index (χ3n) is 2.69. The zero-order chi connectivity index (χ0) is 11.3. The van der Waals surface area contributed by atoms with E-state index in [4.69, 9.17) is 0 Å². The van der Waals surface area contributed by atoms with E-state index in [1.165, 1.54) is 12.2 Å². The van der Waals surface area contributed by atoms with Gasteiger partial charge >= 0.3 is 0 Å². The fourth-order valence-electron chi connectivity index (χ4n) is 1.78. The van der Waals surface area contributed by atoms with E-state index in [1.807, 2.05) is 0 Å². The zero-order valence-electron chi connectivity index (χ0n) is 8.81. The van der Waals surface area contributed by atoms with Crippen LogP contribution in [0.4, 0.5) is 8.78 Å². The molecular weight excluding hydrogens is 196 g/mol. The number of nitrogens with one attached hydrogen (secondary N) is 1. The molecule has 0 aromatic rings. The van der Waals surface area contributed by atoms with Gasteiger partial charge in [0.05, 0.1) is 0 Å². The molecule has 1 atom stereocenters. The van der Waals surface area contributed by atoms with Gasteiger partial charge in [0.25, 0.3) is 5.92 Å². The highest BCUT2D eigenvalue weighted by Gasteiger charge is 2.40. The van der Waals surface area contributed by atoms with Crippen LogP contribution in [0.15, 0.2) is 37.0 Å². The van der Waals surface area contributed by atoms with Crippen LogP contribution in [-0.4, -0.2) is 19.0 Å². The number of hydrogen-bond acceptors (Lipinski definition) is 1. The highest BCUT2D eigenvalue weighted by Crippen LogP contribution is 2.35. The highest BCUT2D eigenvalue weighted by atomic mass is 19.3. The summed E-state index contributed by atoms with van der Waals surface area (Å²) in [6, 6.07) is 0. The van der Waals surface area contributed by atoms with Gasteiger partial charge in [-0.3, -0.25) is 0 Å². The summed E-state index contributed by atoms with van der Waals surface area (Å²) in [6.07, 6.45) is 4.88. The second kappa shape index (κ2) is 5.21. The van der Waals surface area contributed by atoms with Crippen molar-refractivity contribution in [1.29, 1.82) is 0 Å². The summed E-state index contributed by atoms with van der Waals surface area (Å²) in [6.45, 7) is 8.12. The van der Waals surface area contributed by atoms with Crippen molar-refractivity contribution < 1.29 is 8.78 Å². The van der Waals surface area contributed by atoms with Crippen LogP contribution in [0.1, 0.15) is 12.8 Å². The van der Waals surface area contributed by atoms with Crippen molar-refractivity contribution in [3.8, 4) is 0 Å². The van der Waals surface area contributed by atoms with E-state index in [0.717, 1.165) is 0 Å². The minimum absolute atomic E-state index is 0.241. The van der Waals surface area contributed by atoms with E-state index < -0.39 is 11.8 Å². The maximum Gasteiger partial charge on any atom is 0.256 e. The SMILES string of the molecule is C=C/C=C(\C=C)CC(F)(F)C1CCNC1. The highest BCUT2D eigenvalue weighted by molar-refractivity contribution is 5.22. The first-order chi connectivity index (χ1) is 7.10. The van der Waals surface area contributed by atoms with Crippen molar-refractivity contribution in [2.24, 2.45) is 5.92 Å². The Kier molecular flexibility index (Phi) is 4.21. The first-order valence-electron chi connectivity index (χ1n) is 5.12. The maximum absolute atomic E-state index is 13.7.